The fraction of sp³-hybridized carbons (Fsp3) is 0.545. The first-order valence-electron chi connectivity index (χ1n) is 11.0. The predicted molar refractivity (Wildman–Crippen MR) is 117 cm³/mol. The van der Waals surface area contributed by atoms with Gasteiger partial charge in [-0.3, -0.25) is 4.90 Å². The molecule has 0 spiro atoms. The van der Waals surface area contributed by atoms with E-state index in [2.05, 4.69) is 87.9 Å². The number of rotatable bonds is 5. The smallest absolute Gasteiger partial charge is 0.184 e. The number of pyridine rings is 1. The lowest BCUT2D eigenvalue weighted by molar-refractivity contribution is 0.168. The summed E-state index contributed by atoms with van der Waals surface area (Å²) >= 11 is 0. The van der Waals surface area contributed by atoms with Crippen molar-refractivity contribution < 1.29 is 0 Å². The van der Waals surface area contributed by atoms with Crippen LogP contribution in [0, 0.1) is 6.92 Å². The van der Waals surface area contributed by atoms with Gasteiger partial charge in [0.05, 0.1) is 17.6 Å². The van der Waals surface area contributed by atoms with E-state index < -0.39 is 0 Å². The highest BCUT2D eigenvalue weighted by molar-refractivity contribution is 5.85. The maximum absolute atomic E-state index is 4.37. The van der Waals surface area contributed by atoms with Gasteiger partial charge in [0.1, 0.15) is 0 Å². The summed E-state index contributed by atoms with van der Waals surface area (Å²) in [4.78, 5) is 2.51. The van der Waals surface area contributed by atoms with Crippen molar-refractivity contribution in [2.75, 3.05) is 0 Å². The number of fused-ring (bicyclic) bond motifs is 3. The van der Waals surface area contributed by atoms with Crippen LogP contribution in [-0.2, 0) is 18.6 Å². The van der Waals surface area contributed by atoms with Crippen LogP contribution in [0.5, 0.6) is 0 Å². The van der Waals surface area contributed by atoms with Crippen LogP contribution in [0.3, 0.4) is 0 Å². The third-order valence-electron chi connectivity index (χ3n) is 6.30. The van der Waals surface area contributed by atoms with E-state index in [1.54, 1.807) is 0 Å². The summed E-state index contributed by atoms with van der Waals surface area (Å²) in [6.45, 7) is 9.95. The van der Waals surface area contributed by atoms with Crippen molar-refractivity contribution in [1.29, 1.82) is 0 Å². The Balaban J connectivity index is 1.55. The number of para-hydroxylation sites is 1. The minimum absolute atomic E-state index is 0.162. The molecule has 0 N–H and O–H groups in total. The molecule has 0 amide bonds. The van der Waals surface area contributed by atoms with E-state index in [4.69, 9.17) is 0 Å². The van der Waals surface area contributed by atoms with Gasteiger partial charge >= 0.3 is 0 Å². The zero-order valence-electron chi connectivity index (χ0n) is 18.7. The third kappa shape index (κ3) is 3.67. The number of aromatic nitrogens is 8. The molecule has 0 atom stereocenters. The van der Waals surface area contributed by atoms with E-state index in [1.165, 1.54) is 31.2 Å². The van der Waals surface area contributed by atoms with Crippen LogP contribution in [0.15, 0.2) is 24.3 Å². The second-order valence-electron chi connectivity index (χ2n) is 9.62. The van der Waals surface area contributed by atoms with E-state index in [-0.39, 0.29) is 5.54 Å². The Morgan fingerprint density at radius 3 is 2.58 bits per heavy atom. The van der Waals surface area contributed by atoms with Crippen molar-refractivity contribution in [2.45, 2.75) is 78.0 Å². The number of benzene rings is 1. The third-order valence-corrected chi connectivity index (χ3v) is 6.30. The molecule has 1 aliphatic rings. The Morgan fingerprint density at radius 2 is 1.81 bits per heavy atom. The SMILES string of the molecule is Cc1cccc2cc(CN(Cc3nnnn3C(C)(C)C)C3CCCC3)c3nnnn3c12. The number of aryl methyl sites for hydroxylation is 1. The quantitative estimate of drug-likeness (QED) is 0.490. The highest BCUT2D eigenvalue weighted by Gasteiger charge is 2.28. The summed E-state index contributed by atoms with van der Waals surface area (Å²) < 4.78 is 3.82. The summed E-state index contributed by atoms with van der Waals surface area (Å²) in [6, 6.07) is 9.06. The van der Waals surface area contributed by atoms with Gasteiger partial charge in [-0.2, -0.15) is 4.52 Å². The van der Waals surface area contributed by atoms with Gasteiger partial charge < -0.3 is 0 Å². The lowest BCUT2D eigenvalue weighted by Gasteiger charge is -2.30. The standard InChI is InChI=1S/C22H29N9/c1-15-8-7-9-16-12-17(21-24-26-27-30(21)20(15)16)13-29(18-10-5-6-11-18)14-19-23-25-28-31(19)22(2,3)4/h7-9,12,18H,5-6,10-11,13-14H2,1-4H3. The molecular formula is C22H29N9. The van der Waals surface area contributed by atoms with Crippen molar-refractivity contribution in [3.05, 3.63) is 41.2 Å². The van der Waals surface area contributed by atoms with Crippen LogP contribution in [0.25, 0.3) is 16.6 Å². The van der Waals surface area contributed by atoms with Gasteiger partial charge in [-0.15, -0.1) is 10.2 Å². The zero-order valence-corrected chi connectivity index (χ0v) is 18.7. The Morgan fingerprint density at radius 1 is 1.03 bits per heavy atom. The second kappa shape index (κ2) is 7.64. The molecule has 0 bridgehead atoms. The lowest BCUT2D eigenvalue weighted by atomic mass is 10.1. The van der Waals surface area contributed by atoms with Gasteiger partial charge in [0.2, 0.25) is 0 Å². The van der Waals surface area contributed by atoms with Gasteiger partial charge in [-0.05, 0) is 73.0 Å². The van der Waals surface area contributed by atoms with E-state index in [0.717, 1.165) is 34.5 Å². The van der Waals surface area contributed by atoms with E-state index in [9.17, 15) is 0 Å². The van der Waals surface area contributed by atoms with Crippen molar-refractivity contribution in [1.82, 2.24) is 45.1 Å². The van der Waals surface area contributed by atoms with E-state index in [0.29, 0.717) is 12.6 Å². The summed E-state index contributed by atoms with van der Waals surface area (Å²) in [5.41, 5.74) is 4.02. The van der Waals surface area contributed by atoms with Crippen LogP contribution >= 0.6 is 0 Å². The summed E-state index contributed by atoms with van der Waals surface area (Å²) in [5, 5.41) is 26.4. The molecule has 5 rings (SSSR count). The van der Waals surface area contributed by atoms with Gasteiger partial charge in [-0.1, -0.05) is 31.0 Å². The maximum Gasteiger partial charge on any atom is 0.184 e. The normalized spacial score (nSPS) is 15.6. The van der Waals surface area contributed by atoms with Crippen LogP contribution < -0.4 is 0 Å². The Hall–Kier alpha value is -2.94. The molecule has 0 saturated heterocycles. The number of nitrogens with zero attached hydrogens (tertiary/aromatic N) is 9. The summed E-state index contributed by atoms with van der Waals surface area (Å²) in [7, 11) is 0. The number of tetrazole rings is 2. The molecule has 31 heavy (non-hydrogen) atoms. The van der Waals surface area contributed by atoms with Gasteiger partial charge in [-0.25, -0.2) is 4.68 Å². The molecule has 1 aliphatic carbocycles. The van der Waals surface area contributed by atoms with Crippen molar-refractivity contribution in [3.8, 4) is 0 Å². The minimum atomic E-state index is -0.162. The first-order chi connectivity index (χ1) is 14.9. The first-order valence-corrected chi connectivity index (χ1v) is 11.0. The molecule has 1 fully saturated rings. The van der Waals surface area contributed by atoms with Crippen LogP contribution in [-0.4, -0.2) is 51.2 Å². The molecule has 3 heterocycles. The molecule has 0 unspecified atom stereocenters. The summed E-state index contributed by atoms with van der Waals surface area (Å²) in [6.07, 6.45) is 4.93. The second-order valence-corrected chi connectivity index (χ2v) is 9.62. The fourth-order valence-electron chi connectivity index (χ4n) is 4.80. The van der Waals surface area contributed by atoms with Gasteiger partial charge in [0.25, 0.3) is 0 Å². The molecule has 0 radical (unpaired) electrons. The highest BCUT2D eigenvalue weighted by atomic mass is 15.6. The topological polar surface area (TPSA) is 89.9 Å². The maximum atomic E-state index is 4.37. The number of hydrogen-bond acceptors (Lipinski definition) is 7. The first kappa shape index (κ1) is 20.0. The molecule has 1 saturated carbocycles. The molecule has 3 aromatic heterocycles. The van der Waals surface area contributed by atoms with Gasteiger partial charge in [0.15, 0.2) is 11.5 Å². The summed E-state index contributed by atoms with van der Waals surface area (Å²) in [5.74, 6) is 0.895. The molecule has 4 aromatic rings. The molecule has 1 aromatic carbocycles. The van der Waals surface area contributed by atoms with E-state index >= 15 is 0 Å². The van der Waals surface area contributed by atoms with Crippen molar-refractivity contribution in [2.24, 2.45) is 0 Å². The molecule has 162 valence electrons. The van der Waals surface area contributed by atoms with E-state index in [1.807, 2.05) is 9.20 Å². The largest absolute Gasteiger partial charge is 0.288 e. The van der Waals surface area contributed by atoms with Crippen molar-refractivity contribution >= 4 is 16.6 Å². The van der Waals surface area contributed by atoms with Gasteiger partial charge in [0, 0.05) is 23.5 Å². The average molecular weight is 420 g/mol. The molecule has 9 nitrogen and oxygen atoms in total. The number of hydrogen-bond donors (Lipinski definition) is 0. The zero-order chi connectivity index (χ0) is 21.6. The molecule has 0 aliphatic heterocycles. The Labute approximate surface area is 181 Å². The Bertz CT molecular complexity index is 1210. The fourth-order valence-corrected chi connectivity index (χ4v) is 4.80. The minimum Gasteiger partial charge on any atom is -0.288 e. The Kier molecular flexibility index (Phi) is 4.92. The monoisotopic (exact) mass is 419 g/mol. The predicted octanol–water partition coefficient (Wildman–Crippen LogP) is 3.27. The van der Waals surface area contributed by atoms with Crippen LogP contribution in [0.2, 0.25) is 0 Å². The van der Waals surface area contributed by atoms with Crippen LogP contribution in [0.4, 0.5) is 0 Å². The molecule has 9 heteroatoms. The van der Waals surface area contributed by atoms with Crippen molar-refractivity contribution in [3.63, 3.8) is 0 Å². The van der Waals surface area contributed by atoms with Crippen LogP contribution in [0.1, 0.15) is 63.4 Å². The lowest BCUT2D eigenvalue weighted by Crippen LogP contribution is -2.35. The highest BCUT2D eigenvalue weighted by Crippen LogP contribution is 2.29. The average Bonchev–Trinajstić information content (AvgIpc) is 3.47. The molecular weight excluding hydrogens is 390 g/mol.